The molecule has 0 fully saturated rings. The van der Waals surface area contributed by atoms with Crippen molar-refractivity contribution in [1.29, 1.82) is 0 Å². The molecule has 2 nitrogen and oxygen atoms in total. The number of ether oxygens (including phenoxy) is 1. The van der Waals surface area contributed by atoms with Crippen LogP contribution in [0.1, 0.15) is 22.7 Å². The van der Waals surface area contributed by atoms with E-state index in [1.807, 2.05) is 37.4 Å². The van der Waals surface area contributed by atoms with Gasteiger partial charge in [0.2, 0.25) is 0 Å². The number of fused-ring (bicyclic) bond motifs is 1. The van der Waals surface area contributed by atoms with Gasteiger partial charge in [0.05, 0.1) is 12.6 Å². The maximum absolute atomic E-state index is 6.40. The van der Waals surface area contributed by atoms with E-state index in [0.717, 1.165) is 38.4 Å². The van der Waals surface area contributed by atoms with Gasteiger partial charge in [0.1, 0.15) is 5.75 Å². The van der Waals surface area contributed by atoms with Crippen LogP contribution < -0.4 is 10.1 Å². The van der Waals surface area contributed by atoms with Crippen molar-refractivity contribution in [1.82, 2.24) is 5.32 Å². The van der Waals surface area contributed by atoms with Gasteiger partial charge in [-0.25, -0.2) is 0 Å². The first-order valence-electron chi connectivity index (χ1n) is 6.67. The molecule has 0 spiro atoms. The van der Waals surface area contributed by atoms with E-state index in [9.17, 15) is 0 Å². The van der Waals surface area contributed by atoms with E-state index in [-0.39, 0.29) is 6.04 Å². The quantitative estimate of drug-likeness (QED) is 0.801. The number of rotatable bonds is 3. The molecule has 5 heteroatoms. The van der Waals surface area contributed by atoms with Crippen molar-refractivity contribution >= 4 is 39.1 Å². The highest BCUT2D eigenvalue weighted by Crippen LogP contribution is 2.40. The summed E-state index contributed by atoms with van der Waals surface area (Å²) in [5, 5.41) is 4.74. The number of nitrogens with one attached hydrogen (secondary N) is 1. The third kappa shape index (κ3) is 2.93. The Kier molecular flexibility index (Phi) is 4.46. The molecule has 2 aromatic carbocycles. The number of hydrogen-bond acceptors (Lipinski definition) is 2. The lowest BCUT2D eigenvalue weighted by atomic mass is 9.96. The van der Waals surface area contributed by atoms with Crippen LogP contribution in [-0.2, 0) is 6.42 Å². The summed E-state index contributed by atoms with van der Waals surface area (Å²) in [7, 11) is 1.91. The van der Waals surface area contributed by atoms with Gasteiger partial charge in [-0.2, -0.15) is 0 Å². The highest BCUT2D eigenvalue weighted by molar-refractivity contribution is 9.10. The van der Waals surface area contributed by atoms with Crippen molar-refractivity contribution in [2.45, 2.75) is 12.5 Å². The third-order valence-electron chi connectivity index (χ3n) is 3.65. The topological polar surface area (TPSA) is 21.3 Å². The fourth-order valence-electron chi connectivity index (χ4n) is 2.73. The van der Waals surface area contributed by atoms with Crippen LogP contribution in [0.15, 0.2) is 34.8 Å². The molecule has 2 aromatic rings. The molecule has 0 saturated carbocycles. The van der Waals surface area contributed by atoms with Crippen LogP contribution in [0.25, 0.3) is 0 Å². The zero-order chi connectivity index (χ0) is 15.0. The fraction of sp³-hybridized carbons (Fsp3) is 0.250. The third-order valence-corrected chi connectivity index (χ3v) is 4.69. The molecule has 1 atom stereocenters. The second kappa shape index (κ2) is 6.17. The fourth-order valence-corrected chi connectivity index (χ4v) is 3.76. The summed E-state index contributed by atoms with van der Waals surface area (Å²) in [4.78, 5) is 0. The second-order valence-corrected chi connectivity index (χ2v) is 6.73. The predicted octanol–water partition coefficient (Wildman–Crippen LogP) is 5.00. The Balaban J connectivity index is 2.13. The minimum Gasteiger partial charge on any atom is -0.493 e. The SMILES string of the molecule is CNC(c1ccc(Br)cc1Cl)c1cc(Cl)cc2c1OCC2. The molecule has 0 aromatic heterocycles. The molecule has 0 aliphatic carbocycles. The first-order chi connectivity index (χ1) is 10.1. The van der Waals surface area contributed by atoms with Crippen LogP contribution in [0.5, 0.6) is 5.75 Å². The molecule has 1 N–H and O–H groups in total. The summed E-state index contributed by atoms with van der Waals surface area (Å²) in [6, 6.07) is 9.75. The van der Waals surface area contributed by atoms with E-state index in [2.05, 4.69) is 21.2 Å². The lowest BCUT2D eigenvalue weighted by Crippen LogP contribution is -2.19. The van der Waals surface area contributed by atoms with Crippen LogP contribution in [-0.4, -0.2) is 13.7 Å². The van der Waals surface area contributed by atoms with Crippen LogP contribution in [0, 0.1) is 0 Å². The average Bonchev–Trinajstić information content (AvgIpc) is 2.89. The summed E-state index contributed by atoms with van der Waals surface area (Å²) < 4.78 is 6.76. The second-order valence-electron chi connectivity index (χ2n) is 4.97. The number of benzene rings is 2. The zero-order valence-corrected chi connectivity index (χ0v) is 14.5. The zero-order valence-electron chi connectivity index (χ0n) is 11.4. The van der Waals surface area contributed by atoms with Crippen LogP contribution in [0.3, 0.4) is 0 Å². The number of hydrogen-bond donors (Lipinski definition) is 1. The lowest BCUT2D eigenvalue weighted by molar-refractivity contribution is 0.351. The molecule has 110 valence electrons. The summed E-state index contributed by atoms with van der Waals surface area (Å²) in [6.07, 6.45) is 0.896. The smallest absolute Gasteiger partial charge is 0.127 e. The normalized spacial score (nSPS) is 14.7. The van der Waals surface area contributed by atoms with E-state index in [0.29, 0.717) is 11.6 Å². The Morgan fingerprint density at radius 2 is 2.00 bits per heavy atom. The van der Waals surface area contributed by atoms with E-state index in [4.69, 9.17) is 27.9 Å². The minimum absolute atomic E-state index is 0.0591. The van der Waals surface area contributed by atoms with Crippen molar-refractivity contribution in [2.75, 3.05) is 13.7 Å². The molecule has 0 amide bonds. The Morgan fingerprint density at radius 3 is 2.71 bits per heavy atom. The molecule has 1 aliphatic rings. The number of halogens is 3. The van der Waals surface area contributed by atoms with Gasteiger partial charge in [0.25, 0.3) is 0 Å². The van der Waals surface area contributed by atoms with Crippen molar-refractivity contribution in [3.8, 4) is 5.75 Å². The Hall–Kier alpha value is -0.740. The Bertz CT molecular complexity index is 690. The first kappa shape index (κ1) is 15.2. The van der Waals surface area contributed by atoms with Crippen molar-refractivity contribution in [3.05, 3.63) is 61.5 Å². The molecule has 1 heterocycles. The van der Waals surface area contributed by atoms with Gasteiger partial charge in [0.15, 0.2) is 0 Å². The van der Waals surface area contributed by atoms with Crippen LogP contribution >= 0.6 is 39.1 Å². The van der Waals surface area contributed by atoms with Gasteiger partial charge in [-0.1, -0.05) is 45.2 Å². The van der Waals surface area contributed by atoms with Crippen molar-refractivity contribution in [2.24, 2.45) is 0 Å². The summed E-state index contributed by atoms with van der Waals surface area (Å²) >= 11 is 16.1. The van der Waals surface area contributed by atoms with Gasteiger partial charge in [-0.05, 0) is 42.4 Å². The van der Waals surface area contributed by atoms with Gasteiger partial charge in [-0.15, -0.1) is 0 Å². The lowest BCUT2D eigenvalue weighted by Gasteiger charge is -2.21. The van der Waals surface area contributed by atoms with E-state index < -0.39 is 0 Å². The molecule has 0 saturated heterocycles. The molecule has 1 aliphatic heterocycles. The minimum atomic E-state index is -0.0591. The molecule has 0 radical (unpaired) electrons. The van der Waals surface area contributed by atoms with Crippen LogP contribution in [0.2, 0.25) is 10.0 Å². The van der Waals surface area contributed by atoms with Crippen molar-refractivity contribution < 1.29 is 4.74 Å². The molecule has 1 unspecified atom stereocenters. The highest BCUT2D eigenvalue weighted by atomic mass is 79.9. The van der Waals surface area contributed by atoms with E-state index in [1.165, 1.54) is 0 Å². The molecular weight excluding hydrogens is 373 g/mol. The average molecular weight is 387 g/mol. The van der Waals surface area contributed by atoms with Gasteiger partial charge >= 0.3 is 0 Å². The molecule has 0 bridgehead atoms. The predicted molar refractivity (Wildman–Crippen MR) is 90.7 cm³/mol. The van der Waals surface area contributed by atoms with Crippen molar-refractivity contribution in [3.63, 3.8) is 0 Å². The first-order valence-corrected chi connectivity index (χ1v) is 8.22. The highest BCUT2D eigenvalue weighted by Gasteiger charge is 2.25. The Labute approximate surface area is 142 Å². The van der Waals surface area contributed by atoms with Gasteiger partial charge < -0.3 is 10.1 Å². The standard InChI is InChI=1S/C16H14BrCl2NO/c1-20-15(12-3-2-10(17)7-14(12)19)13-8-11(18)6-9-4-5-21-16(9)13/h2-3,6-8,15,20H,4-5H2,1H3. The van der Waals surface area contributed by atoms with E-state index >= 15 is 0 Å². The molecule has 3 rings (SSSR count). The summed E-state index contributed by atoms with van der Waals surface area (Å²) in [5.74, 6) is 0.928. The van der Waals surface area contributed by atoms with Gasteiger partial charge in [-0.3, -0.25) is 0 Å². The molecule has 21 heavy (non-hydrogen) atoms. The Morgan fingerprint density at radius 1 is 1.19 bits per heavy atom. The maximum Gasteiger partial charge on any atom is 0.127 e. The van der Waals surface area contributed by atoms with E-state index in [1.54, 1.807) is 0 Å². The molecular formula is C16H14BrCl2NO. The van der Waals surface area contributed by atoms with Crippen LogP contribution in [0.4, 0.5) is 0 Å². The monoisotopic (exact) mass is 385 g/mol. The van der Waals surface area contributed by atoms with Gasteiger partial charge in [0, 0.05) is 26.5 Å². The maximum atomic E-state index is 6.40. The summed E-state index contributed by atoms with van der Waals surface area (Å²) in [5.41, 5.74) is 3.19. The summed E-state index contributed by atoms with van der Waals surface area (Å²) in [6.45, 7) is 0.702. The largest absolute Gasteiger partial charge is 0.493 e.